The van der Waals surface area contributed by atoms with E-state index in [2.05, 4.69) is 0 Å². The highest BCUT2D eigenvalue weighted by Crippen LogP contribution is 2.17. The molecule has 6 heteroatoms. The lowest BCUT2D eigenvalue weighted by molar-refractivity contribution is 0.413. The summed E-state index contributed by atoms with van der Waals surface area (Å²) in [7, 11) is 3.77. The topological polar surface area (TPSA) is 51.3 Å². The predicted octanol–water partition coefficient (Wildman–Crippen LogP) is 1.10. The normalized spacial score (nSPS) is 11.4. The van der Waals surface area contributed by atoms with Gasteiger partial charge in [0.25, 0.3) is 5.56 Å². The molecule has 1 heterocycles. The van der Waals surface area contributed by atoms with E-state index in [1.807, 2.05) is 19.0 Å². The second-order valence-electron chi connectivity index (χ2n) is 4.72. The van der Waals surface area contributed by atoms with Gasteiger partial charge in [-0.25, -0.2) is 13.5 Å². The molecule has 0 saturated heterocycles. The SMILES string of the molecule is CN(C)CCc1cc2cc(F)c(F)cc2n(N)c1=O. The number of fused-ring (bicyclic) bond motifs is 1. The van der Waals surface area contributed by atoms with Crippen molar-refractivity contribution >= 4 is 10.9 Å². The maximum Gasteiger partial charge on any atom is 0.272 e. The molecular weight excluding hydrogens is 252 g/mol. The highest BCUT2D eigenvalue weighted by Gasteiger charge is 2.11. The Kier molecular flexibility index (Phi) is 3.53. The molecule has 0 spiro atoms. The lowest BCUT2D eigenvalue weighted by Gasteiger charge is -2.11. The van der Waals surface area contributed by atoms with Crippen LogP contribution in [-0.4, -0.2) is 30.2 Å². The van der Waals surface area contributed by atoms with Crippen LogP contribution in [-0.2, 0) is 6.42 Å². The Morgan fingerprint density at radius 1 is 1.21 bits per heavy atom. The second-order valence-corrected chi connectivity index (χ2v) is 4.72. The number of hydrogen-bond donors (Lipinski definition) is 1. The van der Waals surface area contributed by atoms with Crippen molar-refractivity contribution in [1.82, 2.24) is 9.58 Å². The number of hydrogen-bond acceptors (Lipinski definition) is 3. The zero-order chi connectivity index (χ0) is 14.2. The third kappa shape index (κ3) is 2.58. The molecule has 0 aliphatic heterocycles. The zero-order valence-corrected chi connectivity index (χ0v) is 10.8. The number of aromatic nitrogens is 1. The molecule has 0 radical (unpaired) electrons. The first kappa shape index (κ1) is 13.5. The van der Waals surface area contributed by atoms with Gasteiger partial charge >= 0.3 is 0 Å². The van der Waals surface area contributed by atoms with E-state index in [1.54, 1.807) is 6.07 Å². The van der Waals surface area contributed by atoms with Crippen LogP contribution in [0.2, 0.25) is 0 Å². The molecule has 19 heavy (non-hydrogen) atoms. The lowest BCUT2D eigenvalue weighted by Crippen LogP contribution is -2.31. The Bertz CT molecular complexity index is 680. The molecule has 0 unspecified atom stereocenters. The fraction of sp³-hybridized carbons (Fsp3) is 0.308. The van der Waals surface area contributed by atoms with E-state index in [0.717, 1.165) is 16.8 Å². The minimum Gasteiger partial charge on any atom is -0.336 e. The van der Waals surface area contributed by atoms with Gasteiger partial charge in [-0.2, -0.15) is 0 Å². The molecule has 0 aliphatic rings. The molecule has 1 aromatic carbocycles. The third-order valence-electron chi connectivity index (χ3n) is 2.98. The van der Waals surface area contributed by atoms with Gasteiger partial charge in [-0.15, -0.1) is 0 Å². The Balaban J connectivity index is 2.59. The molecule has 0 amide bonds. The molecule has 2 rings (SSSR count). The van der Waals surface area contributed by atoms with E-state index in [0.29, 0.717) is 23.9 Å². The van der Waals surface area contributed by atoms with Gasteiger partial charge in [0.15, 0.2) is 11.6 Å². The summed E-state index contributed by atoms with van der Waals surface area (Å²) in [6.07, 6.45) is 0.498. The third-order valence-corrected chi connectivity index (χ3v) is 2.98. The molecular formula is C13H15F2N3O. The van der Waals surface area contributed by atoms with Gasteiger partial charge < -0.3 is 10.7 Å². The maximum absolute atomic E-state index is 13.2. The van der Waals surface area contributed by atoms with Crippen LogP contribution in [0, 0.1) is 11.6 Å². The van der Waals surface area contributed by atoms with Gasteiger partial charge in [0, 0.05) is 23.6 Å². The first-order chi connectivity index (χ1) is 8.90. The van der Waals surface area contributed by atoms with Gasteiger partial charge in [0.05, 0.1) is 5.52 Å². The molecule has 102 valence electrons. The molecule has 0 fully saturated rings. The van der Waals surface area contributed by atoms with Crippen molar-refractivity contribution < 1.29 is 8.78 Å². The fourth-order valence-electron chi connectivity index (χ4n) is 1.91. The van der Waals surface area contributed by atoms with E-state index in [-0.39, 0.29) is 11.1 Å². The van der Waals surface area contributed by atoms with Crippen molar-refractivity contribution in [2.45, 2.75) is 6.42 Å². The number of pyridine rings is 1. The highest BCUT2D eigenvalue weighted by atomic mass is 19.2. The van der Waals surface area contributed by atoms with E-state index in [9.17, 15) is 13.6 Å². The Morgan fingerprint density at radius 2 is 1.84 bits per heavy atom. The van der Waals surface area contributed by atoms with Gasteiger partial charge in [-0.3, -0.25) is 4.79 Å². The maximum atomic E-state index is 13.2. The minimum absolute atomic E-state index is 0.178. The molecule has 2 N–H and O–H groups in total. The summed E-state index contributed by atoms with van der Waals surface area (Å²) in [6.45, 7) is 0.671. The number of halogens is 2. The summed E-state index contributed by atoms with van der Waals surface area (Å²) in [5.74, 6) is 3.67. The molecule has 0 bridgehead atoms. The van der Waals surface area contributed by atoms with Crippen molar-refractivity contribution in [3.63, 3.8) is 0 Å². The van der Waals surface area contributed by atoms with Crippen molar-refractivity contribution in [2.24, 2.45) is 0 Å². The summed E-state index contributed by atoms with van der Waals surface area (Å²) < 4.78 is 27.2. The number of benzene rings is 1. The van der Waals surface area contributed by atoms with Crippen molar-refractivity contribution in [3.8, 4) is 0 Å². The van der Waals surface area contributed by atoms with Crippen molar-refractivity contribution in [3.05, 3.63) is 45.8 Å². The van der Waals surface area contributed by atoms with Crippen LogP contribution in [0.5, 0.6) is 0 Å². The van der Waals surface area contributed by atoms with Crippen molar-refractivity contribution in [1.29, 1.82) is 0 Å². The van der Waals surface area contributed by atoms with Crippen LogP contribution in [0.3, 0.4) is 0 Å². The monoisotopic (exact) mass is 267 g/mol. The molecule has 2 aromatic rings. The number of nitrogen functional groups attached to an aromatic ring is 1. The number of likely N-dealkylation sites (N-methyl/N-ethyl adjacent to an activating group) is 1. The van der Waals surface area contributed by atoms with E-state index in [4.69, 9.17) is 5.84 Å². The van der Waals surface area contributed by atoms with Gasteiger partial charge in [-0.1, -0.05) is 0 Å². The number of nitrogens with zero attached hydrogens (tertiary/aromatic N) is 2. The average molecular weight is 267 g/mol. The van der Waals surface area contributed by atoms with Crippen LogP contribution in [0.1, 0.15) is 5.56 Å². The summed E-state index contributed by atoms with van der Waals surface area (Å²) in [6, 6.07) is 3.54. The molecule has 4 nitrogen and oxygen atoms in total. The van der Waals surface area contributed by atoms with Crippen LogP contribution < -0.4 is 11.4 Å². The summed E-state index contributed by atoms with van der Waals surface area (Å²) >= 11 is 0. The van der Waals surface area contributed by atoms with Gasteiger partial charge in [0.1, 0.15) is 0 Å². The Labute approximate surface area is 109 Å². The summed E-state index contributed by atoms with van der Waals surface area (Å²) in [5, 5.41) is 0.412. The zero-order valence-electron chi connectivity index (χ0n) is 10.8. The smallest absolute Gasteiger partial charge is 0.272 e. The lowest BCUT2D eigenvalue weighted by atomic mass is 10.1. The van der Waals surface area contributed by atoms with Gasteiger partial charge in [0.2, 0.25) is 0 Å². The molecule has 1 aromatic heterocycles. The first-order valence-corrected chi connectivity index (χ1v) is 5.83. The van der Waals surface area contributed by atoms with E-state index < -0.39 is 11.6 Å². The minimum atomic E-state index is -1.02. The van der Waals surface area contributed by atoms with Crippen LogP contribution in [0.4, 0.5) is 8.78 Å². The second kappa shape index (κ2) is 4.97. The Hall–Kier alpha value is -1.95. The Morgan fingerprint density at radius 3 is 2.47 bits per heavy atom. The molecule has 0 aliphatic carbocycles. The standard InChI is InChI=1S/C13H15F2N3O/c1-17(2)4-3-8-5-9-6-10(14)11(15)7-12(9)18(16)13(8)19/h5-7H,3-4,16H2,1-2H3. The molecule has 0 saturated carbocycles. The van der Waals surface area contributed by atoms with Crippen LogP contribution in [0.15, 0.2) is 23.0 Å². The first-order valence-electron chi connectivity index (χ1n) is 5.83. The highest BCUT2D eigenvalue weighted by molar-refractivity contribution is 5.80. The van der Waals surface area contributed by atoms with E-state index in [1.165, 1.54) is 0 Å². The summed E-state index contributed by atoms with van der Waals surface area (Å²) in [5.41, 5.74) is 0.271. The van der Waals surface area contributed by atoms with Crippen molar-refractivity contribution in [2.75, 3.05) is 26.5 Å². The average Bonchev–Trinajstić information content (AvgIpc) is 2.35. The summed E-state index contributed by atoms with van der Waals surface area (Å²) in [4.78, 5) is 13.9. The van der Waals surface area contributed by atoms with E-state index >= 15 is 0 Å². The van der Waals surface area contributed by atoms with Gasteiger partial charge in [-0.05, 0) is 32.6 Å². The quantitative estimate of drug-likeness (QED) is 0.847. The molecule has 0 atom stereocenters. The van der Waals surface area contributed by atoms with Crippen LogP contribution in [0.25, 0.3) is 10.9 Å². The van der Waals surface area contributed by atoms with Crippen LogP contribution >= 0.6 is 0 Å². The number of rotatable bonds is 3. The predicted molar refractivity (Wildman–Crippen MR) is 70.5 cm³/mol. The number of nitrogens with two attached hydrogens (primary N) is 1. The largest absolute Gasteiger partial charge is 0.336 e. The fourth-order valence-corrected chi connectivity index (χ4v) is 1.91.